The molecule has 0 amide bonds. The maximum absolute atomic E-state index is 11.7. The fourth-order valence-electron chi connectivity index (χ4n) is 4.48. The summed E-state index contributed by atoms with van der Waals surface area (Å²) in [6, 6.07) is 0.930. The summed E-state index contributed by atoms with van der Waals surface area (Å²) >= 11 is 0. The number of hydrogen-bond donors (Lipinski definition) is 2. The highest BCUT2D eigenvalue weighted by Gasteiger charge is 2.49. The molecule has 20 heavy (non-hydrogen) atoms. The van der Waals surface area contributed by atoms with Crippen LogP contribution in [0.2, 0.25) is 0 Å². The summed E-state index contributed by atoms with van der Waals surface area (Å²) in [5.74, 6) is -0.682. The molecule has 3 aliphatic rings. The van der Waals surface area contributed by atoms with Crippen LogP contribution in [0.15, 0.2) is 0 Å². The van der Waals surface area contributed by atoms with Gasteiger partial charge in [0.2, 0.25) is 0 Å². The van der Waals surface area contributed by atoms with Gasteiger partial charge in [0.05, 0.1) is 12.7 Å². The molecule has 0 spiro atoms. The SMILES string of the molecule is CCNC1(C(=O)O)CCC(N2CCOC3CCCC32)C1. The minimum Gasteiger partial charge on any atom is -0.480 e. The molecule has 0 bridgehead atoms. The van der Waals surface area contributed by atoms with Crippen LogP contribution in [0.4, 0.5) is 0 Å². The lowest BCUT2D eigenvalue weighted by Gasteiger charge is -2.42. The molecule has 0 radical (unpaired) electrons. The topological polar surface area (TPSA) is 61.8 Å². The Kier molecular flexibility index (Phi) is 4.02. The van der Waals surface area contributed by atoms with Crippen LogP contribution in [-0.4, -0.2) is 59.4 Å². The second-order valence-corrected chi connectivity index (χ2v) is 6.46. The van der Waals surface area contributed by atoms with Gasteiger partial charge in [-0.2, -0.15) is 0 Å². The Labute approximate surface area is 120 Å². The van der Waals surface area contributed by atoms with Crippen LogP contribution in [0.1, 0.15) is 45.4 Å². The van der Waals surface area contributed by atoms with Crippen molar-refractivity contribution in [2.24, 2.45) is 0 Å². The number of ether oxygens (including phenoxy) is 1. The van der Waals surface area contributed by atoms with Crippen LogP contribution in [0.3, 0.4) is 0 Å². The Balaban J connectivity index is 1.71. The van der Waals surface area contributed by atoms with E-state index >= 15 is 0 Å². The predicted molar refractivity (Wildman–Crippen MR) is 75.8 cm³/mol. The van der Waals surface area contributed by atoms with Gasteiger partial charge in [-0.25, -0.2) is 0 Å². The van der Waals surface area contributed by atoms with E-state index in [4.69, 9.17) is 4.74 Å². The minimum absolute atomic E-state index is 0.391. The molecule has 2 aliphatic carbocycles. The van der Waals surface area contributed by atoms with E-state index < -0.39 is 11.5 Å². The van der Waals surface area contributed by atoms with E-state index in [1.165, 1.54) is 19.3 Å². The summed E-state index contributed by atoms with van der Waals surface area (Å²) in [6.45, 7) is 4.47. The van der Waals surface area contributed by atoms with Gasteiger partial charge in [0.15, 0.2) is 0 Å². The number of aliphatic carboxylic acids is 1. The van der Waals surface area contributed by atoms with Gasteiger partial charge in [-0.1, -0.05) is 6.92 Å². The van der Waals surface area contributed by atoms with Gasteiger partial charge in [-0.15, -0.1) is 0 Å². The van der Waals surface area contributed by atoms with Crippen molar-refractivity contribution < 1.29 is 14.6 Å². The molecule has 4 atom stereocenters. The molecule has 114 valence electrons. The molecular formula is C15H26N2O3. The highest BCUT2D eigenvalue weighted by atomic mass is 16.5. The zero-order valence-electron chi connectivity index (χ0n) is 12.3. The smallest absolute Gasteiger partial charge is 0.323 e. The number of carboxylic acid groups (broad SMARTS) is 1. The number of morpholine rings is 1. The summed E-state index contributed by atoms with van der Waals surface area (Å²) in [6.07, 6.45) is 6.49. The zero-order valence-corrected chi connectivity index (χ0v) is 12.3. The van der Waals surface area contributed by atoms with Crippen LogP contribution >= 0.6 is 0 Å². The standard InChI is InChI=1S/C15H26N2O3/c1-2-16-15(14(18)19)7-6-11(10-15)17-8-9-20-13-5-3-4-12(13)17/h11-13,16H,2-10H2,1H3,(H,18,19). The summed E-state index contributed by atoms with van der Waals surface area (Å²) in [7, 11) is 0. The van der Waals surface area contributed by atoms with Crippen LogP contribution in [0.25, 0.3) is 0 Å². The number of nitrogens with one attached hydrogen (secondary N) is 1. The first-order valence-corrected chi connectivity index (χ1v) is 8.02. The van der Waals surface area contributed by atoms with Crippen LogP contribution < -0.4 is 5.32 Å². The fourth-order valence-corrected chi connectivity index (χ4v) is 4.48. The van der Waals surface area contributed by atoms with Gasteiger partial charge >= 0.3 is 5.97 Å². The molecule has 3 fully saturated rings. The Morgan fingerprint density at radius 3 is 3.05 bits per heavy atom. The monoisotopic (exact) mass is 282 g/mol. The highest BCUT2D eigenvalue weighted by Crippen LogP contribution is 2.39. The Hall–Kier alpha value is -0.650. The molecule has 2 N–H and O–H groups in total. The molecular weight excluding hydrogens is 256 g/mol. The van der Waals surface area contributed by atoms with Crippen molar-refractivity contribution in [3.05, 3.63) is 0 Å². The molecule has 1 heterocycles. The maximum atomic E-state index is 11.7. The van der Waals surface area contributed by atoms with Crippen molar-refractivity contribution in [3.63, 3.8) is 0 Å². The number of carboxylic acids is 1. The van der Waals surface area contributed by atoms with Crippen LogP contribution in [-0.2, 0) is 9.53 Å². The second-order valence-electron chi connectivity index (χ2n) is 6.46. The second kappa shape index (κ2) is 5.62. The average Bonchev–Trinajstić information content (AvgIpc) is 3.05. The number of nitrogens with zero attached hydrogens (tertiary/aromatic N) is 1. The summed E-state index contributed by atoms with van der Waals surface area (Å²) in [5, 5.41) is 12.8. The molecule has 5 heteroatoms. The van der Waals surface area contributed by atoms with Crippen LogP contribution in [0, 0.1) is 0 Å². The maximum Gasteiger partial charge on any atom is 0.323 e. The van der Waals surface area contributed by atoms with Crippen LogP contribution in [0.5, 0.6) is 0 Å². The number of fused-ring (bicyclic) bond motifs is 1. The number of hydrogen-bond acceptors (Lipinski definition) is 4. The molecule has 3 rings (SSSR count). The van der Waals surface area contributed by atoms with Crippen molar-refractivity contribution in [2.75, 3.05) is 19.7 Å². The molecule has 0 aromatic rings. The van der Waals surface area contributed by atoms with Gasteiger partial charge in [-0.3, -0.25) is 9.69 Å². The summed E-state index contributed by atoms with van der Waals surface area (Å²) < 4.78 is 5.87. The summed E-state index contributed by atoms with van der Waals surface area (Å²) in [5.41, 5.74) is -0.703. The lowest BCUT2D eigenvalue weighted by atomic mass is 9.96. The van der Waals surface area contributed by atoms with E-state index in [0.717, 1.165) is 32.4 Å². The largest absolute Gasteiger partial charge is 0.480 e. The molecule has 2 saturated carbocycles. The van der Waals surface area contributed by atoms with E-state index in [1.54, 1.807) is 0 Å². The van der Waals surface area contributed by atoms with Gasteiger partial charge in [-0.05, 0) is 45.1 Å². The molecule has 4 unspecified atom stereocenters. The lowest BCUT2D eigenvalue weighted by molar-refractivity contribution is -0.145. The first kappa shape index (κ1) is 14.3. The van der Waals surface area contributed by atoms with Crippen molar-refractivity contribution in [1.29, 1.82) is 0 Å². The van der Waals surface area contributed by atoms with E-state index in [9.17, 15) is 9.90 Å². The molecule has 1 aliphatic heterocycles. The Morgan fingerprint density at radius 1 is 1.45 bits per heavy atom. The lowest BCUT2D eigenvalue weighted by Crippen LogP contribution is -2.55. The molecule has 0 aromatic carbocycles. The van der Waals surface area contributed by atoms with E-state index in [1.807, 2.05) is 6.92 Å². The van der Waals surface area contributed by atoms with E-state index in [2.05, 4.69) is 10.2 Å². The first-order valence-electron chi connectivity index (χ1n) is 8.02. The first-order chi connectivity index (χ1) is 9.66. The fraction of sp³-hybridized carbons (Fsp3) is 0.933. The van der Waals surface area contributed by atoms with Gasteiger partial charge in [0.25, 0.3) is 0 Å². The summed E-state index contributed by atoms with van der Waals surface area (Å²) in [4.78, 5) is 14.2. The number of carbonyl (C=O) groups is 1. The Bertz CT molecular complexity index is 376. The third kappa shape index (κ3) is 2.36. The van der Waals surface area contributed by atoms with Gasteiger partial charge < -0.3 is 15.2 Å². The zero-order chi connectivity index (χ0) is 14.2. The van der Waals surface area contributed by atoms with Crippen molar-refractivity contribution in [3.8, 4) is 0 Å². The molecule has 5 nitrogen and oxygen atoms in total. The number of likely N-dealkylation sites (N-methyl/N-ethyl adjacent to an activating group) is 1. The van der Waals surface area contributed by atoms with Crippen molar-refractivity contribution in [1.82, 2.24) is 10.2 Å². The minimum atomic E-state index is -0.703. The molecule has 0 aromatic heterocycles. The highest BCUT2D eigenvalue weighted by molar-refractivity contribution is 5.79. The van der Waals surface area contributed by atoms with Crippen molar-refractivity contribution >= 4 is 5.97 Å². The Morgan fingerprint density at radius 2 is 2.30 bits per heavy atom. The molecule has 1 saturated heterocycles. The van der Waals surface area contributed by atoms with E-state index in [-0.39, 0.29) is 0 Å². The average molecular weight is 282 g/mol. The third-order valence-electron chi connectivity index (χ3n) is 5.41. The van der Waals surface area contributed by atoms with Gasteiger partial charge in [0, 0.05) is 18.6 Å². The van der Waals surface area contributed by atoms with Gasteiger partial charge in [0.1, 0.15) is 5.54 Å². The quantitative estimate of drug-likeness (QED) is 0.812. The van der Waals surface area contributed by atoms with Crippen molar-refractivity contribution in [2.45, 2.75) is 69.2 Å². The third-order valence-corrected chi connectivity index (χ3v) is 5.41. The normalized spacial score (nSPS) is 41.8. The number of rotatable bonds is 4. The van der Waals surface area contributed by atoms with E-state index in [0.29, 0.717) is 24.7 Å². The predicted octanol–water partition coefficient (Wildman–Crippen LogP) is 1.23.